The number of Topliss-reactive ketones (excluding diaryl/α,β-unsaturated/α-hetero) is 1. The van der Waals surface area contributed by atoms with Gasteiger partial charge in [-0.2, -0.15) is 0 Å². The highest BCUT2D eigenvalue weighted by atomic mass is 16.5. The van der Waals surface area contributed by atoms with E-state index in [4.69, 9.17) is 4.74 Å². The fourth-order valence-electron chi connectivity index (χ4n) is 7.60. The summed E-state index contributed by atoms with van der Waals surface area (Å²) in [5.74, 6) is 3.75. The van der Waals surface area contributed by atoms with Gasteiger partial charge in [-0.25, -0.2) is 0 Å². The normalized spacial score (nSPS) is 50.1. The molecule has 0 radical (unpaired) electrons. The highest BCUT2D eigenvalue weighted by Gasteiger charge is 2.60. The van der Waals surface area contributed by atoms with Gasteiger partial charge in [0.05, 0.1) is 11.7 Å². The Morgan fingerprint density at radius 2 is 1.72 bits per heavy atom. The van der Waals surface area contributed by atoms with Gasteiger partial charge in [0.25, 0.3) is 0 Å². The average molecular weight is 347 g/mol. The Kier molecular flexibility index (Phi) is 4.19. The van der Waals surface area contributed by atoms with Crippen LogP contribution in [-0.4, -0.2) is 17.5 Å². The number of hydrogen-bond donors (Lipinski definition) is 0. The minimum Gasteiger partial charge on any atom is -0.373 e. The molecule has 0 N–H and O–H groups in total. The van der Waals surface area contributed by atoms with Gasteiger partial charge in [0.15, 0.2) is 0 Å². The second-order valence-corrected chi connectivity index (χ2v) is 11.2. The molecule has 0 bridgehead atoms. The monoisotopic (exact) mass is 346 g/mol. The van der Waals surface area contributed by atoms with Crippen molar-refractivity contribution in [3.63, 3.8) is 0 Å². The summed E-state index contributed by atoms with van der Waals surface area (Å²) >= 11 is 0. The maximum atomic E-state index is 12.5. The zero-order valence-electron chi connectivity index (χ0n) is 17.1. The molecule has 0 aromatic heterocycles. The van der Waals surface area contributed by atoms with E-state index in [0.29, 0.717) is 23.2 Å². The first-order valence-corrected chi connectivity index (χ1v) is 10.8. The second-order valence-electron chi connectivity index (χ2n) is 11.2. The van der Waals surface area contributed by atoms with Gasteiger partial charge in [-0.05, 0) is 101 Å². The van der Waals surface area contributed by atoms with Gasteiger partial charge >= 0.3 is 0 Å². The summed E-state index contributed by atoms with van der Waals surface area (Å²) in [5.41, 5.74) is 0.497. The van der Waals surface area contributed by atoms with Crippen molar-refractivity contribution in [1.82, 2.24) is 0 Å². The molecule has 0 aromatic rings. The van der Waals surface area contributed by atoms with Gasteiger partial charge < -0.3 is 4.74 Å². The summed E-state index contributed by atoms with van der Waals surface area (Å²) in [5, 5.41) is 0. The van der Waals surface area contributed by atoms with E-state index in [0.717, 1.165) is 30.6 Å². The van der Waals surface area contributed by atoms with E-state index in [-0.39, 0.29) is 11.0 Å². The lowest BCUT2D eigenvalue weighted by Crippen LogP contribution is -2.54. The summed E-state index contributed by atoms with van der Waals surface area (Å²) in [4.78, 5) is 12.5. The molecule has 2 heteroatoms. The van der Waals surface area contributed by atoms with Crippen molar-refractivity contribution in [2.75, 3.05) is 0 Å². The molecule has 4 aliphatic carbocycles. The lowest BCUT2D eigenvalue weighted by atomic mass is 9.45. The standard InChI is InChI=1S/C23H38O2/c1-21(2,3)25-16-10-12-22(4)15(14-16)6-7-17-18-8-9-20(24)23(18,5)13-11-19(17)22/h15-19H,6-14H2,1-5H3. The predicted molar refractivity (Wildman–Crippen MR) is 101 cm³/mol. The first-order valence-electron chi connectivity index (χ1n) is 10.8. The average Bonchev–Trinajstić information content (AvgIpc) is 2.82. The van der Waals surface area contributed by atoms with E-state index in [2.05, 4.69) is 34.6 Å². The molecule has 4 rings (SSSR count). The smallest absolute Gasteiger partial charge is 0.139 e. The lowest BCUT2D eigenvalue weighted by molar-refractivity contribution is -0.155. The molecule has 142 valence electrons. The Morgan fingerprint density at radius 3 is 2.44 bits per heavy atom. The van der Waals surface area contributed by atoms with Gasteiger partial charge in [0.2, 0.25) is 0 Å². The molecule has 0 aliphatic heterocycles. The number of carbonyl (C=O) groups excluding carboxylic acids is 1. The van der Waals surface area contributed by atoms with Crippen LogP contribution in [0.1, 0.15) is 92.4 Å². The first-order chi connectivity index (χ1) is 11.6. The largest absolute Gasteiger partial charge is 0.373 e. The number of hydrogen-bond acceptors (Lipinski definition) is 2. The number of ketones is 1. The molecule has 0 heterocycles. The zero-order valence-corrected chi connectivity index (χ0v) is 17.1. The van der Waals surface area contributed by atoms with Crippen molar-refractivity contribution in [2.24, 2.45) is 34.5 Å². The molecule has 7 atom stereocenters. The fourth-order valence-corrected chi connectivity index (χ4v) is 7.60. The lowest BCUT2D eigenvalue weighted by Gasteiger charge is -2.60. The summed E-state index contributed by atoms with van der Waals surface area (Å²) < 4.78 is 6.36. The fraction of sp³-hybridized carbons (Fsp3) is 0.957. The van der Waals surface area contributed by atoms with Crippen molar-refractivity contribution in [2.45, 2.75) is 104 Å². The van der Waals surface area contributed by atoms with Crippen LogP contribution in [0.2, 0.25) is 0 Å². The van der Waals surface area contributed by atoms with Crippen LogP contribution in [-0.2, 0) is 9.53 Å². The van der Waals surface area contributed by atoms with Crippen LogP contribution in [0.5, 0.6) is 0 Å². The van der Waals surface area contributed by atoms with Crippen molar-refractivity contribution < 1.29 is 9.53 Å². The van der Waals surface area contributed by atoms with Crippen LogP contribution in [0.4, 0.5) is 0 Å². The molecule has 0 aromatic carbocycles. The summed E-state index contributed by atoms with van der Waals surface area (Å²) in [6, 6.07) is 0. The van der Waals surface area contributed by atoms with Gasteiger partial charge in [0, 0.05) is 11.8 Å². The summed E-state index contributed by atoms with van der Waals surface area (Å²) in [6.07, 6.45) is 11.5. The zero-order chi connectivity index (χ0) is 18.0. The molecule has 2 nitrogen and oxygen atoms in total. The van der Waals surface area contributed by atoms with Crippen LogP contribution in [0, 0.1) is 34.5 Å². The van der Waals surface area contributed by atoms with E-state index in [1.807, 2.05) is 0 Å². The van der Waals surface area contributed by atoms with Crippen LogP contribution in [0.3, 0.4) is 0 Å². The van der Waals surface area contributed by atoms with E-state index >= 15 is 0 Å². The van der Waals surface area contributed by atoms with E-state index in [1.54, 1.807) is 0 Å². The van der Waals surface area contributed by atoms with Crippen LogP contribution < -0.4 is 0 Å². The van der Waals surface area contributed by atoms with Crippen molar-refractivity contribution >= 4 is 5.78 Å². The Balaban J connectivity index is 1.52. The first kappa shape index (κ1) is 18.0. The molecule has 0 saturated heterocycles. The van der Waals surface area contributed by atoms with E-state index in [9.17, 15) is 4.79 Å². The van der Waals surface area contributed by atoms with E-state index < -0.39 is 0 Å². The number of ether oxygens (including phenoxy) is 1. The molecule has 4 saturated carbocycles. The quantitative estimate of drug-likeness (QED) is 0.601. The van der Waals surface area contributed by atoms with Crippen molar-refractivity contribution in [3.05, 3.63) is 0 Å². The minimum atomic E-state index is -0.0214. The Bertz CT molecular complexity index is 547. The number of rotatable bonds is 1. The summed E-state index contributed by atoms with van der Waals surface area (Å²) in [6.45, 7) is 11.5. The predicted octanol–water partition coefficient (Wildman–Crippen LogP) is 5.78. The molecule has 4 aliphatic rings. The molecule has 0 amide bonds. The highest BCUT2D eigenvalue weighted by molar-refractivity contribution is 5.87. The minimum absolute atomic E-state index is 0.0214. The molecule has 7 unspecified atom stereocenters. The van der Waals surface area contributed by atoms with Crippen molar-refractivity contribution in [3.8, 4) is 0 Å². The van der Waals surface area contributed by atoms with Gasteiger partial charge in [-0.1, -0.05) is 13.8 Å². The maximum Gasteiger partial charge on any atom is 0.139 e. The third kappa shape index (κ3) is 2.82. The van der Waals surface area contributed by atoms with Gasteiger partial charge in [-0.3, -0.25) is 4.79 Å². The van der Waals surface area contributed by atoms with Gasteiger partial charge in [0.1, 0.15) is 5.78 Å². The Hall–Kier alpha value is -0.370. The Labute approximate surface area is 154 Å². The number of fused-ring (bicyclic) bond motifs is 5. The Morgan fingerprint density at radius 1 is 0.960 bits per heavy atom. The summed E-state index contributed by atoms with van der Waals surface area (Å²) in [7, 11) is 0. The SMILES string of the molecule is CC(C)(C)OC1CCC2(C)C(CCC3C4CCC(=O)C4(C)CCC32)C1. The van der Waals surface area contributed by atoms with Crippen LogP contribution in [0.25, 0.3) is 0 Å². The number of carbonyl (C=O) groups is 1. The second kappa shape index (κ2) is 5.81. The van der Waals surface area contributed by atoms with Gasteiger partial charge in [-0.15, -0.1) is 0 Å². The molecule has 25 heavy (non-hydrogen) atoms. The van der Waals surface area contributed by atoms with Crippen LogP contribution in [0.15, 0.2) is 0 Å². The molecular weight excluding hydrogens is 308 g/mol. The highest BCUT2D eigenvalue weighted by Crippen LogP contribution is 2.65. The molecular formula is C23H38O2. The van der Waals surface area contributed by atoms with Crippen molar-refractivity contribution in [1.29, 1.82) is 0 Å². The third-order valence-electron chi connectivity index (χ3n) is 8.85. The van der Waals surface area contributed by atoms with E-state index in [1.165, 1.54) is 44.9 Å². The third-order valence-corrected chi connectivity index (χ3v) is 8.85. The maximum absolute atomic E-state index is 12.5. The topological polar surface area (TPSA) is 26.3 Å². The van der Waals surface area contributed by atoms with Crippen LogP contribution >= 0.6 is 0 Å². The molecule has 0 spiro atoms. The molecule has 4 fully saturated rings.